The number of fused-ring (bicyclic) bond motifs is 1. The fourth-order valence-electron chi connectivity index (χ4n) is 2.75. The minimum Gasteiger partial charge on any atom is -0.478 e. The number of aromatic carboxylic acids is 2. The fraction of sp³-hybridized carbons (Fsp3) is 0.188. The van der Waals surface area contributed by atoms with Crippen molar-refractivity contribution < 1.29 is 29.3 Å². The third-order valence-electron chi connectivity index (χ3n) is 3.72. The van der Waals surface area contributed by atoms with E-state index in [0.717, 1.165) is 0 Å². The van der Waals surface area contributed by atoms with Gasteiger partial charge in [0.25, 0.3) is 0 Å². The van der Waals surface area contributed by atoms with Gasteiger partial charge in [-0.3, -0.25) is 4.98 Å². The van der Waals surface area contributed by atoms with Crippen molar-refractivity contribution in [3.63, 3.8) is 0 Å². The predicted octanol–water partition coefficient (Wildman–Crippen LogP) is 3.14. The van der Waals surface area contributed by atoms with Gasteiger partial charge in [-0.15, -0.1) is 0 Å². The molecule has 2 aromatic rings. The second kappa shape index (κ2) is 5.68. The highest BCUT2D eigenvalue weighted by molar-refractivity contribution is 6.34. The van der Waals surface area contributed by atoms with Crippen LogP contribution in [0.5, 0.6) is 11.5 Å². The van der Waals surface area contributed by atoms with E-state index in [1.807, 2.05) is 0 Å². The van der Waals surface area contributed by atoms with Crippen molar-refractivity contribution in [2.24, 2.45) is 0 Å². The Bertz CT molecular complexity index is 855. The quantitative estimate of drug-likeness (QED) is 0.876. The average molecular weight is 350 g/mol. The van der Waals surface area contributed by atoms with Crippen molar-refractivity contribution in [2.75, 3.05) is 6.79 Å². The summed E-state index contributed by atoms with van der Waals surface area (Å²) >= 11 is 6.26. The van der Waals surface area contributed by atoms with Crippen molar-refractivity contribution in [2.45, 2.75) is 13.8 Å². The molecule has 0 bridgehead atoms. The van der Waals surface area contributed by atoms with Gasteiger partial charge in [0.05, 0.1) is 27.5 Å². The number of halogens is 1. The van der Waals surface area contributed by atoms with Gasteiger partial charge in [0.15, 0.2) is 11.5 Å². The zero-order valence-corrected chi connectivity index (χ0v) is 13.5. The molecule has 24 heavy (non-hydrogen) atoms. The smallest absolute Gasteiger partial charge is 0.338 e. The molecule has 0 saturated heterocycles. The molecule has 3 rings (SSSR count). The molecule has 0 aliphatic carbocycles. The molecule has 8 heteroatoms. The molecule has 1 aromatic carbocycles. The number of rotatable bonds is 3. The number of aromatic nitrogens is 1. The van der Waals surface area contributed by atoms with Crippen LogP contribution in [0.15, 0.2) is 12.1 Å². The van der Waals surface area contributed by atoms with E-state index in [2.05, 4.69) is 4.98 Å². The molecule has 2 N–H and O–H groups in total. The van der Waals surface area contributed by atoms with Crippen LogP contribution in [0.3, 0.4) is 0 Å². The first-order valence-corrected chi connectivity index (χ1v) is 7.26. The first-order chi connectivity index (χ1) is 11.3. The topological polar surface area (TPSA) is 106 Å². The number of ether oxygens (including phenoxy) is 2. The van der Waals surface area contributed by atoms with E-state index >= 15 is 0 Å². The Hall–Kier alpha value is -2.80. The van der Waals surface area contributed by atoms with Crippen LogP contribution in [0, 0.1) is 13.8 Å². The summed E-state index contributed by atoms with van der Waals surface area (Å²) in [6, 6.07) is 2.96. The Morgan fingerprint density at radius 3 is 2.04 bits per heavy atom. The molecule has 0 radical (unpaired) electrons. The molecule has 1 aromatic heterocycles. The van der Waals surface area contributed by atoms with Gasteiger partial charge in [0, 0.05) is 17.2 Å². The van der Waals surface area contributed by atoms with Crippen molar-refractivity contribution in [1.82, 2.24) is 4.98 Å². The second-order valence-electron chi connectivity index (χ2n) is 5.20. The monoisotopic (exact) mass is 349 g/mol. The molecule has 1 aliphatic heterocycles. The molecule has 0 spiro atoms. The molecule has 0 amide bonds. The summed E-state index contributed by atoms with van der Waals surface area (Å²) in [6.07, 6.45) is 0. The standard InChI is InChI=1S/C16H12ClNO6/c1-6-12(15(19)20)14(13(16(21)22)7(2)18-6)8-3-10-11(4-9(8)17)24-5-23-10/h3-4H,5H2,1-2H3,(H,19,20)(H,21,22). The molecular formula is C16H12ClNO6. The number of carboxylic acids is 2. The Balaban J connectivity index is 2.43. The number of carboxylic acid groups (broad SMARTS) is 2. The number of aryl methyl sites for hydroxylation is 2. The van der Waals surface area contributed by atoms with Gasteiger partial charge in [0.2, 0.25) is 6.79 Å². The van der Waals surface area contributed by atoms with Crippen LogP contribution in [0.1, 0.15) is 32.1 Å². The minimum atomic E-state index is -1.29. The van der Waals surface area contributed by atoms with E-state index < -0.39 is 11.9 Å². The number of benzene rings is 1. The number of nitrogens with zero attached hydrogens (tertiary/aromatic N) is 1. The van der Waals surface area contributed by atoms with Gasteiger partial charge in [-0.25, -0.2) is 9.59 Å². The van der Waals surface area contributed by atoms with Crippen LogP contribution in [0.25, 0.3) is 11.1 Å². The molecule has 1 aliphatic rings. The Morgan fingerprint density at radius 2 is 1.54 bits per heavy atom. The third-order valence-corrected chi connectivity index (χ3v) is 4.03. The first-order valence-electron chi connectivity index (χ1n) is 6.88. The van der Waals surface area contributed by atoms with E-state index in [9.17, 15) is 19.8 Å². The predicted molar refractivity (Wildman–Crippen MR) is 84.2 cm³/mol. The fourth-order valence-corrected chi connectivity index (χ4v) is 3.00. The van der Waals surface area contributed by atoms with Crippen molar-refractivity contribution in [3.8, 4) is 22.6 Å². The SMILES string of the molecule is Cc1nc(C)c(C(=O)O)c(-c2cc3c(cc2Cl)OCO3)c1C(=O)O. The van der Waals surface area contributed by atoms with Gasteiger partial charge in [0.1, 0.15) is 0 Å². The highest BCUT2D eigenvalue weighted by atomic mass is 35.5. The number of carbonyl (C=O) groups is 2. The van der Waals surface area contributed by atoms with Crippen LogP contribution in [0.4, 0.5) is 0 Å². The molecule has 7 nitrogen and oxygen atoms in total. The Morgan fingerprint density at radius 1 is 1.04 bits per heavy atom. The highest BCUT2D eigenvalue weighted by Gasteiger charge is 2.28. The molecule has 0 fully saturated rings. The lowest BCUT2D eigenvalue weighted by atomic mass is 9.92. The zero-order chi connectivity index (χ0) is 17.6. The van der Waals surface area contributed by atoms with Crippen LogP contribution >= 0.6 is 11.6 Å². The highest BCUT2D eigenvalue weighted by Crippen LogP contribution is 2.43. The second-order valence-corrected chi connectivity index (χ2v) is 5.61. The van der Waals surface area contributed by atoms with Gasteiger partial charge < -0.3 is 19.7 Å². The van der Waals surface area contributed by atoms with E-state index in [1.165, 1.54) is 26.0 Å². The lowest BCUT2D eigenvalue weighted by Crippen LogP contribution is -2.13. The van der Waals surface area contributed by atoms with E-state index in [0.29, 0.717) is 11.5 Å². The number of hydrogen-bond donors (Lipinski definition) is 2. The summed E-state index contributed by atoms with van der Waals surface area (Å²) in [4.78, 5) is 27.5. The average Bonchev–Trinajstić information content (AvgIpc) is 2.91. The number of pyridine rings is 1. The molecule has 0 unspecified atom stereocenters. The maximum absolute atomic E-state index is 11.7. The van der Waals surface area contributed by atoms with Crippen LogP contribution in [-0.4, -0.2) is 33.9 Å². The van der Waals surface area contributed by atoms with Crippen LogP contribution in [-0.2, 0) is 0 Å². The summed E-state index contributed by atoms with van der Waals surface area (Å²) in [5.74, 6) is -1.79. The molecule has 2 heterocycles. The van der Waals surface area contributed by atoms with E-state index in [1.54, 1.807) is 0 Å². The van der Waals surface area contributed by atoms with Gasteiger partial charge in [-0.1, -0.05) is 11.6 Å². The minimum absolute atomic E-state index is 0.00306. The maximum Gasteiger partial charge on any atom is 0.338 e. The summed E-state index contributed by atoms with van der Waals surface area (Å²) in [5, 5.41) is 19.3. The van der Waals surface area contributed by atoms with Crippen molar-refractivity contribution in [3.05, 3.63) is 39.7 Å². The van der Waals surface area contributed by atoms with Crippen molar-refractivity contribution >= 4 is 23.5 Å². The molecule has 0 atom stereocenters. The Kier molecular flexibility index (Phi) is 3.81. The van der Waals surface area contributed by atoms with Crippen LogP contribution < -0.4 is 9.47 Å². The molecular weight excluding hydrogens is 338 g/mol. The molecule has 124 valence electrons. The number of hydrogen-bond acceptors (Lipinski definition) is 5. The van der Waals surface area contributed by atoms with E-state index in [-0.39, 0.29) is 45.5 Å². The van der Waals surface area contributed by atoms with E-state index in [4.69, 9.17) is 21.1 Å². The first kappa shape index (κ1) is 16.1. The Labute approximate surface area is 141 Å². The maximum atomic E-state index is 11.7. The van der Waals surface area contributed by atoms with Crippen LogP contribution in [0.2, 0.25) is 5.02 Å². The largest absolute Gasteiger partial charge is 0.478 e. The van der Waals surface area contributed by atoms with Crippen molar-refractivity contribution in [1.29, 1.82) is 0 Å². The zero-order valence-electron chi connectivity index (χ0n) is 12.7. The lowest BCUT2D eigenvalue weighted by Gasteiger charge is -2.16. The van der Waals surface area contributed by atoms with Gasteiger partial charge >= 0.3 is 11.9 Å². The normalized spacial score (nSPS) is 12.3. The van der Waals surface area contributed by atoms with Gasteiger partial charge in [-0.05, 0) is 19.9 Å². The summed E-state index contributed by atoms with van der Waals surface area (Å²) in [7, 11) is 0. The lowest BCUT2D eigenvalue weighted by molar-refractivity contribution is 0.0695. The summed E-state index contributed by atoms with van der Waals surface area (Å²) < 4.78 is 10.5. The molecule has 0 saturated carbocycles. The summed E-state index contributed by atoms with van der Waals surface area (Å²) in [5.41, 5.74) is 0.229. The third kappa shape index (κ3) is 2.43. The summed E-state index contributed by atoms with van der Waals surface area (Å²) in [6.45, 7) is 3.03. The van der Waals surface area contributed by atoms with Gasteiger partial charge in [-0.2, -0.15) is 0 Å².